The highest BCUT2D eigenvalue weighted by atomic mass is 16.2. The Balaban J connectivity index is 1.94. The smallest absolute Gasteiger partial charge is 0.248 e. The van der Waals surface area contributed by atoms with Crippen molar-refractivity contribution < 1.29 is 9.59 Å². The second-order valence-electron chi connectivity index (χ2n) is 11.4. The molecule has 0 fully saturated rings. The molecule has 0 bridgehead atoms. The van der Waals surface area contributed by atoms with Gasteiger partial charge in [-0.3, -0.25) is 9.59 Å². The number of rotatable bonds is 7. The van der Waals surface area contributed by atoms with Crippen molar-refractivity contribution in [3.63, 3.8) is 0 Å². The summed E-state index contributed by atoms with van der Waals surface area (Å²) in [6.07, 6.45) is 0.730. The van der Waals surface area contributed by atoms with Gasteiger partial charge < -0.3 is 10.6 Å². The van der Waals surface area contributed by atoms with Crippen molar-refractivity contribution in [2.75, 3.05) is 5.32 Å². The van der Waals surface area contributed by atoms with E-state index in [-0.39, 0.29) is 22.6 Å². The first-order valence-electron chi connectivity index (χ1n) is 12.1. The van der Waals surface area contributed by atoms with E-state index in [1.165, 1.54) is 0 Å². The Kier molecular flexibility index (Phi) is 7.83. The fourth-order valence-electron chi connectivity index (χ4n) is 3.82. The fraction of sp³-hybridized carbons (Fsp3) is 0.414. The molecule has 0 spiro atoms. The molecule has 0 aliphatic carbocycles. The molecule has 2 N–H and O–H groups in total. The number of para-hydroxylation sites is 1. The molecule has 3 rings (SSSR count). The summed E-state index contributed by atoms with van der Waals surface area (Å²) in [5.41, 5.74) is 3.42. The van der Waals surface area contributed by atoms with Crippen LogP contribution in [0, 0.1) is 12.3 Å². The summed E-state index contributed by atoms with van der Waals surface area (Å²) in [5.74, 6) is 0.167. The van der Waals surface area contributed by atoms with Crippen molar-refractivity contribution in [1.29, 1.82) is 0 Å². The number of anilines is 1. The molecule has 0 saturated heterocycles. The molecular weight excluding hydrogens is 436 g/mol. The van der Waals surface area contributed by atoms with E-state index in [2.05, 4.69) is 31.4 Å². The minimum atomic E-state index is -0.717. The van der Waals surface area contributed by atoms with Crippen molar-refractivity contribution in [2.24, 2.45) is 5.41 Å². The maximum absolute atomic E-state index is 13.6. The molecule has 2 amide bonds. The lowest BCUT2D eigenvalue weighted by atomic mass is 9.91. The number of amides is 2. The molecule has 1 atom stereocenters. The number of aromatic nitrogens is 2. The van der Waals surface area contributed by atoms with E-state index < -0.39 is 6.04 Å². The van der Waals surface area contributed by atoms with Crippen LogP contribution in [0.3, 0.4) is 0 Å². The molecule has 1 heterocycles. The topological polar surface area (TPSA) is 76.0 Å². The van der Waals surface area contributed by atoms with Gasteiger partial charge in [-0.05, 0) is 29.5 Å². The van der Waals surface area contributed by atoms with E-state index in [0.717, 1.165) is 22.5 Å². The molecule has 1 aromatic heterocycles. The van der Waals surface area contributed by atoms with E-state index in [1.54, 1.807) is 4.68 Å². The highest BCUT2D eigenvalue weighted by Gasteiger charge is 2.27. The highest BCUT2D eigenvalue weighted by molar-refractivity contribution is 5.97. The van der Waals surface area contributed by atoms with Gasteiger partial charge in [-0.25, -0.2) is 4.68 Å². The second kappa shape index (κ2) is 10.5. The first-order valence-corrected chi connectivity index (χ1v) is 12.1. The van der Waals surface area contributed by atoms with Crippen LogP contribution in [0.4, 0.5) is 5.82 Å². The zero-order chi connectivity index (χ0) is 25.8. The van der Waals surface area contributed by atoms with Crippen LogP contribution >= 0.6 is 0 Å². The Labute approximate surface area is 209 Å². The highest BCUT2D eigenvalue weighted by Crippen LogP contribution is 2.27. The largest absolute Gasteiger partial charge is 0.344 e. The van der Waals surface area contributed by atoms with E-state index in [4.69, 9.17) is 5.10 Å². The summed E-state index contributed by atoms with van der Waals surface area (Å²) in [6, 6.07) is 18.9. The van der Waals surface area contributed by atoms with Gasteiger partial charge >= 0.3 is 0 Å². The van der Waals surface area contributed by atoms with Crippen LogP contribution in [0.5, 0.6) is 0 Å². The van der Waals surface area contributed by atoms with Crippen LogP contribution in [-0.4, -0.2) is 27.6 Å². The molecule has 0 radical (unpaired) electrons. The number of hydrogen-bond donors (Lipinski definition) is 2. The normalized spacial score (nSPS) is 12.8. The number of benzene rings is 2. The number of carbonyl (C=O) groups is 2. The SMILES string of the molecule is Cc1ccccc1-n1nc(C(C)(C)C)cc1NC(=O)C(Cc1ccccc1)NC(=O)CC(C)(C)C. The summed E-state index contributed by atoms with van der Waals surface area (Å²) in [6.45, 7) is 14.3. The predicted molar refractivity (Wildman–Crippen MR) is 142 cm³/mol. The number of carbonyl (C=O) groups excluding carboxylic acids is 2. The Hall–Kier alpha value is -3.41. The van der Waals surface area contributed by atoms with Gasteiger partial charge in [0.1, 0.15) is 11.9 Å². The average molecular weight is 475 g/mol. The summed E-state index contributed by atoms with van der Waals surface area (Å²) >= 11 is 0. The van der Waals surface area contributed by atoms with Crippen LogP contribution in [0.2, 0.25) is 0 Å². The zero-order valence-electron chi connectivity index (χ0n) is 22.0. The molecular formula is C29H38N4O2. The summed E-state index contributed by atoms with van der Waals surface area (Å²) < 4.78 is 1.78. The number of hydrogen-bond acceptors (Lipinski definition) is 3. The summed E-state index contributed by atoms with van der Waals surface area (Å²) in [5, 5.41) is 10.9. The summed E-state index contributed by atoms with van der Waals surface area (Å²) in [4.78, 5) is 26.4. The standard InChI is InChI=1S/C29H38N4O2/c1-20-13-11-12-16-23(20)33-25(18-24(32-33)29(5,6)7)31-27(35)22(17-21-14-9-8-10-15-21)30-26(34)19-28(2,3)4/h8-16,18,22H,17,19H2,1-7H3,(H,30,34)(H,31,35). The Morgan fingerprint density at radius 2 is 1.57 bits per heavy atom. The predicted octanol–water partition coefficient (Wildman–Crippen LogP) is 5.58. The summed E-state index contributed by atoms with van der Waals surface area (Å²) in [7, 11) is 0. The minimum absolute atomic E-state index is 0.142. The molecule has 0 aliphatic rings. The van der Waals surface area contributed by atoms with Crippen molar-refractivity contribution >= 4 is 17.6 Å². The second-order valence-corrected chi connectivity index (χ2v) is 11.4. The Bertz CT molecular complexity index is 1170. The van der Waals surface area contributed by atoms with Crippen LogP contribution in [0.1, 0.15) is 64.8 Å². The van der Waals surface area contributed by atoms with Gasteiger partial charge in [0.25, 0.3) is 0 Å². The van der Waals surface area contributed by atoms with E-state index in [1.807, 2.05) is 88.4 Å². The van der Waals surface area contributed by atoms with Crippen LogP contribution in [0.15, 0.2) is 60.7 Å². The third-order valence-electron chi connectivity index (χ3n) is 5.70. The Morgan fingerprint density at radius 1 is 0.943 bits per heavy atom. The monoisotopic (exact) mass is 474 g/mol. The molecule has 6 nitrogen and oxygen atoms in total. The van der Waals surface area contributed by atoms with Gasteiger partial charge in [0.05, 0.1) is 11.4 Å². The van der Waals surface area contributed by atoms with Crippen LogP contribution in [-0.2, 0) is 21.4 Å². The van der Waals surface area contributed by atoms with Crippen molar-refractivity contribution in [1.82, 2.24) is 15.1 Å². The lowest BCUT2D eigenvalue weighted by Crippen LogP contribution is -2.46. The molecule has 6 heteroatoms. The quantitative estimate of drug-likeness (QED) is 0.469. The van der Waals surface area contributed by atoms with Crippen molar-refractivity contribution in [3.05, 3.63) is 77.5 Å². The molecule has 0 aliphatic heterocycles. The van der Waals surface area contributed by atoms with Gasteiger partial charge in [-0.15, -0.1) is 0 Å². The molecule has 3 aromatic rings. The van der Waals surface area contributed by atoms with Gasteiger partial charge in [0, 0.05) is 24.3 Å². The molecule has 35 heavy (non-hydrogen) atoms. The zero-order valence-corrected chi connectivity index (χ0v) is 22.0. The van der Waals surface area contributed by atoms with Crippen LogP contribution in [0.25, 0.3) is 5.69 Å². The lowest BCUT2D eigenvalue weighted by Gasteiger charge is -2.22. The Morgan fingerprint density at radius 3 is 2.17 bits per heavy atom. The average Bonchev–Trinajstić information content (AvgIpc) is 3.17. The van der Waals surface area contributed by atoms with Gasteiger partial charge in [0.2, 0.25) is 11.8 Å². The van der Waals surface area contributed by atoms with Gasteiger partial charge in [-0.2, -0.15) is 5.10 Å². The van der Waals surface area contributed by atoms with Gasteiger partial charge in [-0.1, -0.05) is 90.1 Å². The lowest BCUT2D eigenvalue weighted by molar-refractivity contribution is -0.127. The minimum Gasteiger partial charge on any atom is -0.344 e. The van der Waals surface area contributed by atoms with Gasteiger partial charge in [0.15, 0.2) is 0 Å². The molecule has 186 valence electrons. The number of nitrogens with one attached hydrogen (secondary N) is 2. The maximum atomic E-state index is 13.6. The maximum Gasteiger partial charge on any atom is 0.248 e. The number of aryl methyl sites for hydroxylation is 1. The van der Waals surface area contributed by atoms with E-state index in [0.29, 0.717) is 18.7 Å². The van der Waals surface area contributed by atoms with E-state index >= 15 is 0 Å². The third kappa shape index (κ3) is 7.28. The van der Waals surface area contributed by atoms with Crippen LogP contribution < -0.4 is 10.6 Å². The fourth-order valence-corrected chi connectivity index (χ4v) is 3.82. The molecule has 1 unspecified atom stereocenters. The first kappa shape index (κ1) is 26.2. The first-order chi connectivity index (χ1) is 16.3. The molecule has 0 saturated carbocycles. The number of nitrogens with zero attached hydrogens (tertiary/aromatic N) is 2. The molecule has 2 aromatic carbocycles. The van der Waals surface area contributed by atoms with Crippen molar-refractivity contribution in [2.45, 2.75) is 72.8 Å². The van der Waals surface area contributed by atoms with Crippen molar-refractivity contribution in [3.8, 4) is 5.69 Å². The van der Waals surface area contributed by atoms with E-state index in [9.17, 15) is 9.59 Å². The third-order valence-corrected chi connectivity index (χ3v) is 5.70.